The van der Waals surface area contributed by atoms with Crippen LogP contribution in [-0.4, -0.2) is 17.6 Å². The van der Waals surface area contributed by atoms with E-state index >= 15 is 0 Å². The molecule has 0 aliphatic carbocycles. The summed E-state index contributed by atoms with van der Waals surface area (Å²) in [4.78, 5) is 16.4. The van der Waals surface area contributed by atoms with E-state index in [-0.39, 0.29) is 5.97 Å². The normalized spacial score (nSPS) is 10.3. The van der Waals surface area contributed by atoms with Gasteiger partial charge in [0, 0.05) is 10.6 Å². The zero-order chi connectivity index (χ0) is 14.5. The Bertz CT molecular complexity index is 608. The van der Waals surface area contributed by atoms with Gasteiger partial charge in [0.05, 0.1) is 23.6 Å². The minimum Gasteiger partial charge on any atom is -0.462 e. The van der Waals surface area contributed by atoms with Crippen molar-refractivity contribution < 1.29 is 9.53 Å². The van der Waals surface area contributed by atoms with E-state index in [1.165, 1.54) is 0 Å². The van der Waals surface area contributed by atoms with Gasteiger partial charge in [0.15, 0.2) is 0 Å². The van der Waals surface area contributed by atoms with Gasteiger partial charge in [0.2, 0.25) is 0 Å². The van der Waals surface area contributed by atoms with Crippen LogP contribution in [-0.2, 0) is 11.2 Å². The molecule has 104 valence electrons. The Morgan fingerprint density at radius 3 is 2.45 bits per heavy atom. The molecule has 0 unspecified atom stereocenters. The SMILES string of the molecule is CCOC(=O)c1ccc(-c2ccc(Cl)cc2)nc1CC. The average Bonchev–Trinajstić information content (AvgIpc) is 2.47. The molecule has 1 heterocycles. The zero-order valence-corrected chi connectivity index (χ0v) is 12.3. The fourth-order valence-electron chi connectivity index (χ4n) is 1.95. The summed E-state index contributed by atoms with van der Waals surface area (Å²) in [6, 6.07) is 11.1. The highest BCUT2D eigenvalue weighted by Gasteiger charge is 2.13. The monoisotopic (exact) mass is 289 g/mol. The highest BCUT2D eigenvalue weighted by Crippen LogP contribution is 2.22. The van der Waals surface area contributed by atoms with Crippen LogP contribution in [0, 0.1) is 0 Å². The molecule has 2 rings (SSSR count). The zero-order valence-electron chi connectivity index (χ0n) is 11.5. The predicted molar refractivity (Wildman–Crippen MR) is 80.0 cm³/mol. The smallest absolute Gasteiger partial charge is 0.339 e. The standard InChI is InChI=1S/C16H16ClNO2/c1-3-14-13(16(19)20-4-2)9-10-15(18-14)11-5-7-12(17)8-6-11/h5-10H,3-4H2,1-2H3. The Labute approximate surface area is 123 Å². The number of hydrogen-bond donors (Lipinski definition) is 0. The quantitative estimate of drug-likeness (QED) is 0.794. The summed E-state index contributed by atoms with van der Waals surface area (Å²) >= 11 is 5.88. The number of pyridine rings is 1. The van der Waals surface area contributed by atoms with Gasteiger partial charge in [-0.25, -0.2) is 4.79 Å². The van der Waals surface area contributed by atoms with E-state index in [4.69, 9.17) is 16.3 Å². The molecule has 0 atom stereocenters. The van der Waals surface area contributed by atoms with Crippen molar-refractivity contribution in [3.8, 4) is 11.3 Å². The van der Waals surface area contributed by atoms with Crippen molar-refractivity contribution in [1.82, 2.24) is 4.98 Å². The molecule has 1 aromatic carbocycles. The van der Waals surface area contributed by atoms with E-state index in [0.717, 1.165) is 17.0 Å². The summed E-state index contributed by atoms with van der Waals surface area (Å²) in [5, 5.41) is 0.688. The van der Waals surface area contributed by atoms with Crippen molar-refractivity contribution >= 4 is 17.6 Å². The molecule has 4 heteroatoms. The highest BCUT2D eigenvalue weighted by molar-refractivity contribution is 6.30. The van der Waals surface area contributed by atoms with Gasteiger partial charge in [-0.2, -0.15) is 0 Å². The third kappa shape index (κ3) is 3.17. The lowest BCUT2D eigenvalue weighted by atomic mass is 10.1. The molecule has 0 amide bonds. The van der Waals surface area contributed by atoms with Crippen molar-refractivity contribution in [3.05, 3.63) is 52.7 Å². The summed E-state index contributed by atoms with van der Waals surface area (Å²) in [7, 11) is 0. The molecule has 0 saturated carbocycles. The van der Waals surface area contributed by atoms with Crippen LogP contribution in [0.5, 0.6) is 0 Å². The molecule has 0 bridgehead atoms. The van der Waals surface area contributed by atoms with Crippen LogP contribution in [0.25, 0.3) is 11.3 Å². The molecular weight excluding hydrogens is 274 g/mol. The maximum absolute atomic E-state index is 11.8. The summed E-state index contributed by atoms with van der Waals surface area (Å²) in [5.74, 6) is -0.320. The van der Waals surface area contributed by atoms with Gasteiger partial charge >= 0.3 is 5.97 Å². The first-order valence-electron chi connectivity index (χ1n) is 6.58. The minimum atomic E-state index is -0.320. The van der Waals surface area contributed by atoms with Crippen LogP contribution in [0.15, 0.2) is 36.4 Å². The van der Waals surface area contributed by atoms with Gasteiger partial charge in [0.1, 0.15) is 0 Å². The van der Waals surface area contributed by atoms with Gasteiger partial charge in [-0.15, -0.1) is 0 Å². The summed E-state index contributed by atoms with van der Waals surface area (Å²) in [5.41, 5.74) is 3.08. The van der Waals surface area contributed by atoms with Crippen LogP contribution >= 0.6 is 11.6 Å². The van der Waals surface area contributed by atoms with E-state index in [2.05, 4.69) is 4.98 Å². The van der Waals surface area contributed by atoms with Crippen molar-refractivity contribution in [2.24, 2.45) is 0 Å². The molecular formula is C16H16ClNO2. The number of carbonyl (C=O) groups is 1. The number of nitrogens with zero attached hydrogens (tertiary/aromatic N) is 1. The first-order valence-corrected chi connectivity index (χ1v) is 6.96. The summed E-state index contributed by atoms with van der Waals surface area (Å²) in [6.07, 6.45) is 0.676. The van der Waals surface area contributed by atoms with Crippen molar-refractivity contribution in [2.75, 3.05) is 6.61 Å². The minimum absolute atomic E-state index is 0.320. The van der Waals surface area contributed by atoms with Gasteiger partial charge in [-0.05, 0) is 37.6 Å². The molecule has 0 spiro atoms. The van der Waals surface area contributed by atoms with Gasteiger partial charge in [-0.3, -0.25) is 4.98 Å². The lowest BCUT2D eigenvalue weighted by molar-refractivity contribution is 0.0524. The number of esters is 1. The van der Waals surface area contributed by atoms with Crippen molar-refractivity contribution in [1.29, 1.82) is 0 Å². The van der Waals surface area contributed by atoms with Gasteiger partial charge < -0.3 is 4.74 Å². The number of aryl methyl sites for hydroxylation is 1. The van der Waals surface area contributed by atoms with Crippen LogP contribution in [0.2, 0.25) is 5.02 Å². The van der Waals surface area contributed by atoms with Crippen LogP contribution in [0.4, 0.5) is 0 Å². The van der Waals surface area contributed by atoms with E-state index in [0.29, 0.717) is 23.6 Å². The largest absolute Gasteiger partial charge is 0.462 e. The van der Waals surface area contributed by atoms with E-state index in [1.807, 2.05) is 37.3 Å². The molecule has 0 aliphatic rings. The molecule has 0 N–H and O–H groups in total. The van der Waals surface area contributed by atoms with Crippen molar-refractivity contribution in [3.63, 3.8) is 0 Å². The maximum atomic E-state index is 11.8. The van der Waals surface area contributed by atoms with Crippen molar-refractivity contribution in [2.45, 2.75) is 20.3 Å². The third-order valence-corrected chi connectivity index (χ3v) is 3.20. The number of hydrogen-bond acceptors (Lipinski definition) is 3. The second-order valence-corrected chi connectivity index (χ2v) is 4.71. The first-order chi connectivity index (χ1) is 9.65. The second-order valence-electron chi connectivity index (χ2n) is 4.27. The fourth-order valence-corrected chi connectivity index (χ4v) is 2.07. The van der Waals surface area contributed by atoms with E-state index in [9.17, 15) is 4.79 Å². The Morgan fingerprint density at radius 2 is 1.85 bits per heavy atom. The topological polar surface area (TPSA) is 39.2 Å². The molecule has 0 radical (unpaired) electrons. The third-order valence-electron chi connectivity index (χ3n) is 2.94. The van der Waals surface area contributed by atoms with Gasteiger partial charge in [0.25, 0.3) is 0 Å². The van der Waals surface area contributed by atoms with E-state index < -0.39 is 0 Å². The molecule has 0 fully saturated rings. The Balaban J connectivity index is 2.38. The van der Waals surface area contributed by atoms with Crippen LogP contribution in [0.3, 0.4) is 0 Å². The molecule has 2 aromatic rings. The summed E-state index contributed by atoms with van der Waals surface area (Å²) < 4.78 is 5.04. The highest BCUT2D eigenvalue weighted by atomic mass is 35.5. The van der Waals surface area contributed by atoms with Crippen LogP contribution < -0.4 is 0 Å². The molecule has 3 nitrogen and oxygen atoms in total. The van der Waals surface area contributed by atoms with Gasteiger partial charge in [-0.1, -0.05) is 30.7 Å². The molecule has 20 heavy (non-hydrogen) atoms. The van der Waals surface area contributed by atoms with Crippen LogP contribution in [0.1, 0.15) is 29.9 Å². The maximum Gasteiger partial charge on any atom is 0.339 e. The second kappa shape index (κ2) is 6.53. The lowest BCUT2D eigenvalue weighted by Crippen LogP contribution is -2.09. The average molecular weight is 290 g/mol. The number of halogens is 1. The molecule has 1 aromatic heterocycles. The van der Waals surface area contributed by atoms with E-state index in [1.54, 1.807) is 13.0 Å². The number of benzene rings is 1. The Morgan fingerprint density at radius 1 is 1.15 bits per heavy atom. The number of carbonyl (C=O) groups excluding carboxylic acids is 1. The molecule has 0 aliphatic heterocycles. The lowest BCUT2D eigenvalue weighted by Gasteiger charge is -2.09. The number of rotatable bonds is 4. The first kappa shape index (κ1) is 14.5. The predicted octanol–water partition coefficient (Wildman–Crippen LogP) is 4.14. The Kier molecular flexibility index (Phi) is 4.74. The number of aromatic nitrogens is 1. The summed E-state index contributed by atoms with van der Waals surface area (Å²) in [6.45, 7) is 4.12. The Hall–Kier alpha value is -1.87. The fraction of sp³-hybridized carbons (Fsp3) is 0.250. The molecule has 0 saturated heterocycles. The number of ether oxygens (including phenoxy) is 1.